The molecule has 2 heterocycles. The number of fused-ring (bicyclic) bond motifs is 2. The normalized spacial score (nSPS) is 13.2. The minimum atomic E-state index is -0.669. The molecule has 2 aromatic heterocycles. The largest absolute Gasteiger partial charge is 0.491 e. The third-order valence-electron chi connectivity index (χ3n) is 4.64. The monoisotopic (exact) mass is 433 g/mol. The van der Waals surface area contributed by atoms with Gasteiger partial charge in [-0.3, -0.25) is 0 Å². The summed E-state index contributed by atoms with van der Waals surface area (Å²) < 4.78 is 10.0. The van der Waals surface area contributed by atoms with E-state index in [1.807, 2.05) is 71.3 Å². The molecule has 0 spiro atoms. The second kappa shape index (κ2) is 8.39. The van der Waals surface area contributed by atoms with Gasteiger partial charge in [-0.15, -0.1) is 0 Å². The predicted octanol–water partition coefficient (Wildman–Crippen LogP) is 4.98. The highest BCUT2D eigenvalue weighted by Crippen LogP contribution is 2.28. The zero-order valence-corrected chi connectivity index (χ0v) is 17.6. The number of hydrogen-bond donors (Lipinski definition) is 1. The Morgan fingerprint density at radius 3 is 2.47 bits per heavy atom. The average molecular weight is 434 g/mol. The second-order valence-electron chi connectivity index (χ2n) is 6.82. The van der Waals surface area contributed by atoms with Crippen molar-refractivity contribution in [2.75, 3.05) is 6.61 Å². The average Bonchev–Trinajstić information content (AvgIpc) is 3.34. The fraction of sp³-hybridized carbons (Fsp3) is 0.130. The van der Waals surface area contributed by atoms with E-state index in [0.717, 1.165) is 31.0 Å². The fourth-order valence-corrected chi connectivity index (χ4v) is 5.18. The lowest BCUT2D eigenvalue weighted by Crippen LogP contribution is -2.28. The lowest BCUT2D eigenvalue weighted by atomic mass is 10.3. The Bertz CT molecular complexity index is 1320. The molecule has 0 fully saturated rings. The van der Waals surface area contributed by atoms with Crippen LogP contribution >= 0.6 is 22.7 Å². The first-order chi connectivity index (χ1) is 14.8. The van der Waals surface area contributed by atoms with Gasteiger partial charge in [-0.2, -0.15) is 4.99 Å². The number of benzene rings is 3. The number of aliphatic hydroxyl groups is 1. The van der Waals surface area contributed by atoms with Gasteiger partial charge in [-0.25, -0.2) is 4.98 Å². The van der Waals surface area contributed by atoms with E-state index in [0.29, 0.717) is 11.7 Å². The van der Waals surface area contributed by atoms with Gasteiger partial charge in [0.15, 0.2) is 4.80 Å². The smallest absolute Gasteiger partial charge is 0.212 e. The molecule has 0 saturated carbocycles. The van der Waals surface area contributed by atoms with Gasteiger partial charge >= 0.3 is 0 Å². The van der Waals surface area contributed by atoms with Crippen molar-refractivity contribution in [3.8, 4) is 5.75 Å². The molecule has 1 N–H and O–H groups in total. The van der Waals surface area contributed by atoms with E-state index in [2.05, 4.69) is 17.1 Å². The number of rotatable bonds is 6. The number of nitrogens with zero attached hydrogens (tertiary/aromatic N) is 3. The first-order valence-electron chi connectivity index (χ1n) is 9.61. The molecular weight excluding hydrogens is 414 g/mol. The standard InChI is InChI=1S/C23H19N3O2S2/c27-16(15-28-17-8-2-1-3-9-17)14-26-19-11-5-7-13-21(19)30-23(26)25-22-24-18-10-4-6-12-20(18)29-22/h1-13,16,27H,14-15H2/b25-23-. The predicted molar refractivity (Wildman–Crippen MR) is 123 cm³/mol. The summed E-state index contributed by atoms with van der Waals surface area (Å²) in [5, 5.41) is 11.4. The highest BCUT2D eigenvalue weighted by Gasteiger charge is 2.13. The lowest BCUT2D eigenvalue weighted by molar-refractivity contribution is 0.0929. The first kappa shape index (κ1) is 19.0. The third kappa shape index (κ3) is 4.00. The van der Waals surface area contributed by atoms with Crippen molar-refractivity contribution in [2.24, 2.45) is 4.99 Å². The summed E-state index contributed by atoms with van der Waals surface area (Å²) in [5.41, 5.74) is 1.99. The summed E-state index contributed by atoms with van der Waals surface area (Å²) in [6.07, 6.45) is -0.669. The van der Waals surface area contributed by atoms with E-state index in [-0.39, 0.29) is 6.61 Å². The molecule has 0 aliphatic rings. The van der Waals surface area contributed by atoms with Crippen molar-refractivity contribution in [1.29, 1.82) is 0 Å². The molecule has 5 aromatic rings. The highest BCUT2D eigenvalue weighted by molar-refractivity contribution is 7.22. The van der Waals surface area contributed by atoms with Crippen molar-refractivity contribution < 1.29 is 9.84 Å². The molecule has 3 aromatic carbocycles. The molecule has 7 heteroatoms. The van der Waals surface area contributed by atoms with Crippen LogP contribution in [0.2, 0.25) is 0 Å². The van der Waals surface area contributed by atoms with Crippen LogP contribution in [0.25, 0.3) is 20.4 Å². The minimum absolute atomic E-state index is 0.210. The molecule has 0 aliphatic heterocycles. The summed E-state index contributed by atoms with van der Waals surface area (Å²) >= 11 is 3.16. The Kier molecular flexibility index (Phi) is 5.31. The van der Waals surface area contributed by atoms with Crippen molar-refractivity contribution in [3.05, 3.63) is 83.7 Å². The molecule has 30 heavy (non-hydrogen) atoms. The molecule has 0 bridgehead atoms. The topological polar surface area (TPSA) is 59.6 Å². The molecule has 0 aliphatic carbocycles. The number of hydrogen-bond acceptors (Lipinski definition) is 6. The quantitative estimate of drug-likeness (QED) is 0.411. The molecule has 0 radical (unpaired) electrons. The van der Waals surface area contributed by atoms with E-state index in [1.165, 1.54) is 0 Å². The van der Waals surface area contributed by atoms with E-state index < -0.39 is 6.10 Å². The lowest BCUT2D eigenvalue weighted by Gasteiger charge is -2.14. The number of ether oxygens (including phenoxy) is 1. The van der Waals surface area contributed by atoms with Crippen LogP contribution in [0.15, 0.2) is 83.9 Å². The van der Waals surface area contributed by atoms with Crippen molar-refractivity contribution in [1.82, 2.24) is 9.55 Å². The van der Waals surface area contributed by atoms with Crippen molar-refractivity contribution in [2.45, 2.75) is 12.6 Å². The summed E-state index contributed by atoms with van der Waals surface area (Å²) in [6, 6.07) is 25.7. The zero-order valence-electron chi connectivity index (χ0n) is 16.0. The van der Waals surface area contributed by atoms with Crippen LogP contribution in [0.4, 0.5) is 5.13 Å². The Morgan fingerprint density at radius 2 is 1.63 bits per heavy atom. The molecule has 0 amide bonds. The molecule has 1 unspecified atom stereocenters. The van der Waals surface area contributed by atoms with E-state index in [9.17, 15) is 5.11 Å². The maximum atomic E-state index is 10.7. The van der Waals surface area contributed by atoms with Crippen LogP contribution < -0.4 is 9.54 Å². The van der Waals surface area contributed by atoms with Gasteiger partial charge in [0.2, 0.25) is 5.13 Å². The van der Waals surface area contributed by atoms with Crippen LogP contribution in [0.1, 0.15) is 0 Å². The third-order valence-corrected chi connectivity index (χ3v) is 6.63. The van der Waals surface area contributed by atoms with Gasteiger partial charge in [0.25, 0.3) is 0 Å². The molecule has 150 valence electrons. The Balaban J connectivity index is 1.47. The molecule has 1 atom stereocenters. The number of thiazole rings is 2. The maximum absolute atomic E-state index is 10.7. The first-order valence-corrected chi connectivity index (χ1v) is 11.2. The molecule has 5 rings (SSSR count). The van der Waals surface area contributed by atoms with Gasteiger partial charge in [-0.05, 0) is 36.4 Å². The zero-order chi connectivity index (χ0) is 20.3. The summed E-state index contributed by atoms with van der Waals surface area (Å²) in [6.45, 7) is 0.600. The van der Waals surface area contributed by atoms with Crippen LogP contribution in [-0.2, 0) is 6.54 Å². The van der Waals surface area contributed by atoms with E-state index in [4.69, 9.17) is 9.73 Å². The molecule has 5 nitrogen and oxygen atoms in total. The van der Waals surface area contributed by atoms with Gasteiger partial charge < -0.3 is 14.4 Å². The van der Waals surface area contributed by atoms with Crippen molar-refractivity contribution in [3.63, 3.8) is 0 Å². The Morgan fingerprint density at radius 1 is 0.900 bits per heavy atom. The SMILES string of the molecule is OC(COc1ccccc1)Cn1/c(=N/c2nc3ccccc3s2)sc2ccccc21. The van der Waals surface area contributed by atoms with Gasteiger partial charge in [0, 0.05) is 0 Å². The molecular formula is C23H19N3O2S2. The number of para-hydroxylation sites is 3. The van der Waals surface area contributed by atoms with Crippen molar-refractivity contribution >= 4 is 48.2 Å². The number of aliphatic hydroxyl groups excluding tert-OH is 1. The highest BCUT2D eigenvalue weighted by atomic mass is 32.1. The summed E-state index contributed by atoms with van der Waals surface area (Å²) in [7, 11) is 0. The van der Waals surface area contributed by atoms with E-state index >= 15 is 0 Å². The van der Waals surface area contributed by atoms with Gasteiger partial charge in [0.1, 0.15) is 18.5 Å². The second-order valence-corrected chi connectivity index (χ2v) is 8.84. The van der Waals surface area contributed by atoms with Crippen LogP contribution in [-0.4, -0.2) is 27.4 Å². The summed E-state index contributed by atoms with van der Waals surface area (Å²) in [4.78, 5) is 10.3. The molecule has 0 saturated heterocycles. The van der Waals surface area contributed by atoms with Gasteiger partial charge in [0.05, 0.1) is 27.0 Å². The van der Waals surface area contributed by atoms with Crippen LogP contribution in [0, 0.1) is 0 Å². The maximum Gasteiger partial charge on any atom is 0.212 e. The van der Waals surface area contributed by atoms with Gasteiger partial charge in [-0.1, -0.05) is 65.1 Å². The Hall–Kier alpha value is -3.00. The Labute approximate surface area is 181 Å². The van der Waals surface area contributed by atoms with Crippen LogP contribution in [0.5, 0.6) is 5.75 Å². The fourth-order valence-electron chi connectivity index (χ4n) is 3.24. The van der Waals surface area contributed by atoms with E-state index in [1.54, 1.807) is 22.7 Å². The number of aromatic nitrogens is 2. The summed E-state index contributed by atoms with van der Waals surface area (Å²) in [5.74, 6) is 0.746. The van der Waals surface area contributed by atoms with Crippen LogP contribution in [0.3, 0.4) is 0 Å². The minimum Gasteiger partial charge on any atom is -0.491 e.